The molecule has 1 fully saturated rings. The molecule has 0 amide bonds. The number of halogens is 9. The first-order valence-corrected chi connectivity index (χ1v) is 5.57. The summed E-state index contributed by atoms with van der Waals surface area (Å²) in [6.07, 6.45) is -18.8. The lowest BCUT2D eigenvalue weighted by atomic mass is 9.82. The van der Waals surface area contributed by atoms with E-state index < -0.39 is 62.3 Å². The second-order valence-corrected chi connectivity index (χ2v) is 4.62. The molecule has 0 aromatic heterocycles. The molecule has 0 bridgehead atoms. The maximum atomic E-state index is 13.8. The van der Waals surface area contributed by atoms with Gasteiger partial charge < -0.3 is 4.74 Å². The minimum atomic E-state index is -5.59. The van der Waals surface area contributed by atoms with E-state index in [1.165, 1.54) is 0 Å². The molecule has 1 aliphatic carbocycles. The first-order valence-electron chi connectivity index (χ1n) is 5.57. The van der Waals surface area contributed by atoms with Gasteiger partial charge in [-0.25, -0.2) is 26.3 Å². The molecule has 4 atom stereocenters. The van der Waals surface area contributed by atoms with E-state index in [2.05, 4.69) is 4.74 Å². The van der Waals surface area contributed by atoms with Crippen molar-refractivity contribution in [3.8, 4) is 0 Å². The summed E-state index contributed by atoms with van der Waals surface area (Å²) in [6, 6.07) is 0. The molecule has 0 spiro atoms. The SMILES string of the molecule is FC(OCC1(F)CCCC(F)(F)C1F)C(F)C(F)(F)F. The molecule has 1 rings (SSSR count). The van der Waals surface area contributed by atoms with Crippen LogP contribution in [-0.4, -0.2) is 43.1 Å². The fourth-order valence-corrected chi connectivity index (χ4v) is 1.85. The van der Waals surface area contributed by atoms with E-state index in [1.807, 2.05) is 0 Å². The van der Waals surface area contributed by atoms with Crippen LogP contribution in [0.25, 0.3) is 0 Å². The standard InChI is InChI=1S/C10H11F9O/c11-5(10(17,18)19)6(12)20-4-8(14)2-1-3-9(15,16)7(8)13/h5-7H,1-4H2. The van der Waals surface area contributed by atoms with Crippen molar-refractivity contribution in [1.82, 2.24) is 0 Å². The van der Waals surface area contributed by atoms with E-state index in [0.29, 0.717) is 0 Å². The zero-order chi connectivity index (χ0) is 15.8. The first-order chi connectivity index (χ1) is 8.90. The van der Waals surface area contributed by atoms with Crippen molar-refractivity contribution in [3.63, 3.8) is 0 Å². The van der Waals surface area contributed by atoms with E-state index in [4.69, 9.17) is 0 Å². The number of ether oxygens (including phenoxy) is 1. The number of rotatable bonds is 4. The molecule has 1 nitrogen and oxygen atoms in total. The van der Waals surface area contributed by atoms with Gasteiger partial charge in [0.15, 0.2) is 11.8 Å². The summed E-state index contributed by atoms with van der Waals surface area (Å²) in [5.74, 6) is -4.03. The Hall–Kier alpha value is -0.670. The number of alkyl halides is 9. The second kappa shape index (κ2) is 5.61. The van der Waals surface area contributed by atoms with E-state index in [9.17, 15) is 39.5 Å². The van der Waals surface area contributed by atoms with Crippen LogP contribution in [0.4, 0.5) is 39.5 Å². The highest BCUT2D eigenvalue weighted by Crippen LogP contribution is 2.44. The molecule has 0 heterocycles. The molecule has 0 aromatic rings. The summed E-state index contributed by atoms with van der Waals surface area (Å²) in [4.78, 5) is 0. The Morgan fingerprint density at radius 3 is 2.15 bits per heavy atom. The van der Waals surface area contributed by atoms with E-state index >= 15 is 0 Å². The zero-order valence-corrected chi connectivity index (χ0v) is 9.87. The maximum absolute atomic E-state index is 13.8. The molecule has 4 unspecified atom stereocenters. The Labute approximate surface area is 108 Å². The van der Waals surface area contributed by atoms with Crippen LogP contribution in [0.2, 0.25) is 0 Å². The van der Waals surface area contributed by atoms with Gasteiger partial charge in [-0.2, -0.15) is 13.2 Å². The largest absolute Gasteiger partial charge is 0.425 e. The average molecular weight is 318 g/mol. The highest BCUT2D eigenvalue weighted by atomic mass is 19.4. The van der Waals surface area contributed by atoms with Crippen molar-refractivity contribution >= 4 is 0 Å². The van der Waals surface area contributed by atoms with Gasteiger partial charge in [-0.1, -0.05) is 0 Å². The van der Waals surface area contributed by atoms with Gasteiger partial charge in [0.1, 0.15) is 0 Å². The Morgan fingerprint density at radius 1 is 1.10 bits per heavy atom. The van der Waals surface area contributed by atoms with Crippen LogP contribution < -0.4 is 0 Å². The number of hydrogen-bond acceptors (Lipinski definition) is 1. The predicted octanol–water partition coefficient (Wildman–Crippen LogP) is 4.06. The van der Waals surface area contributed by atoms with Gasteiger partial charge in [-0.15, -0.1) is 0 Å². The molecule has 120 valence electrons. The van der Waals surface area contributed by atoms with Gasteiger partial charge in [0.2, 0.25) is 6.36 Å². The Morgan fingerprint density at radius 2 is 1.65 bits per heavy atom. The lowest BCUT2D eigenvalue weighted by Crippen LogP contribution is -2.54. The Bertz CT molecular complexity index is 331. The van der Waals surface area contributed by atoms with Gasteiger partial charge in [0.25, 0.3) is 12.1 Å². The van der Waals surface area contributed by atoms with Crippen molar-refractivity contribution in [2.45, 2.75) is 55.7 Å². The Balaban J connectivity index is 2.64. The van der Waals surface area contributed by atoms with Crippen LogP contribution in [0.1, 0.15) is 19.3 Å². The van der Waals surface area contributed by atoms with E-state index in [-0.39, 0.29) is 0 Å². The summed E-state index contributed by atoms with van der Waals surface area (Å²) >= 11 is 0. The third-order valence-electron chi connectivity index (χ3n) is 2.95. The van der Waals surface area contributed by atoms with Crippen molar-refractivity contribution in [2.75, 3.05) is 6.61 Å². The summed E-state index contributed by atoms with van der Waals surface area (Å²) < 4.78 is 117. The molecule has 10 heteroatoms. The fourth-order valence-electron chi connectivity index (χ4n) is 1.85. The number of hydrogen-bond donors (Lipinski definition) is 0. The third kappa shape index (κ3) is 3.70. The normalized spacial score (nSPS) is 33.8. The molecule has 0 aromatic carbocycles. The topological polar surface area (TPSA) is 9.23 Å². The minimum absolute atomic E-state index is 0.456. The molecular formula is C10H11F9O. The summed E-state index contributed by atoms with van der Waals surface area (Å²) in [7, 11) is 0. The summed E-state index contributed by atoms with van der Waals surface area (Å²) in [5, 5.41) is 0. The molecule has 1 aliphatic rings. The fraction of sp³-hybridized carbons (Fsp3) is 1.00. The van der Waals surface area contributed by atoms with E-state index in [1.54, 1.807) is 0 Å². The predicted molar refractivity (Wildman–Crippen MR) is 49.3 cm³/mol. The van der Waals surface area contributed by atoms with Gasteiger partial charge in [-0.3, -0.25) is 0 Å². The van der Waals surface area contributed by atoms with Gasteiger partial charge in [-0.05, 0) is 12.8 Å². The van der Waals surface area contributed by atoms with Crippen molar-refractivity contribution in [1.29, 1.82) is 0 Å². The summed E-state index contributed by atoms with van der Waals surface area (Å²) in [6.45, 7) is -1.72. The second-order valence-electron chi connectivity index (χ2n) is 4.62. The smallest absolute Gasteiger partial charge is 0.342 e. The summed E-state index contributed by atoms with van der Waals surface area (Å²) in [5.41, 5.74) is -3.35. The van der Waals surface area contributed by atoms with Gasteiger partial charge in [0.05, 0.1) is 6.61 Å². The molecule has 0 aliphatic heterocycles. The molecule has 20 heavy (non-hydrogen) atoms. The van der Waals surface area contributed by atoms with Crippen LogP contribution in [0, 0.1) is 0 Å². The molecule has 0 N–H and O–H groups in total. The van der Waals surface area contributed by atoms with E-state index in [0.717, 1.165) is 0 Å². The van der Waals surface area contributed by atoms with Crippen LogP contribution in [0.3, 0.4) is 0 Å². The monoisotopic (exact) mass is 318 g/mol. The lowest BCUT2D eigenvalue weighted by Gasteiger charge is -2.38. The first kappa shape index (κ1) is 17.4. The average Bonchev–Trinajstić information content (AvgIpc) is 2.31. The quantitative estimate of drug-likeness (QED) is 0.710. The molecule has 1 saturated carbocycles. The highest BCUT2D eigenvalue weighted by Gasteiger charge is 2.58. The zero-order valence-electron chi connectivity index (χ0n) is 9.87. The Kier molecular flexibility index (Phi) is 4.87. The van der Waals surface area contributed by atoms with Crippen molar-refractivity contribution in [2.24, 2.45) is 0 Å². The maximum Gasteiger partial charge on any atom is 0.425 e. The minimum Gasteiger partial charge on any atom is -0.342 e. The van der Waals surface area contributed by atoms with Crippen LogP contribution in [0.15, 0.2) is 0 Å². The lowest BCUT2D eigenvalue weighted by molar-refractivity contribution is -0.250. The van der Waals surface area contributed by atoms with Gasteiger partial charge in [0, 0.05) is 6.42 Å². The van der Waals surface area contributed by atoms with Crippen LogP contribution >= 0.6 is 0 Å². The molecular weight excluding hydrogens is 307 g/mol. The van der Waals surface area contributed by atoms with Crippen molar-refractivity contribution < 1.29 is 44.3 Å². The van der Waals surface area contributed by atoms with Gasteiger partial charge >= 0.3 is 6.18 Å². The molecule has 0 radical (unpaired) electrons. The van der Waals surface area contributed by atoms with Crippen molar-refractivity contribution in [3.05, 3.63) is 0 Å². The van der Waals surface area contributed by atoms with Crippen LogP contribution in [-0.2, 0) is 4.74 Å². The van der Waals surface area contributed by atoms with Crippen LogP contribution in [0.5, 0.6) is 0 Å². The molecule has 0 saturated heterocycles. The highest BCUT2D eigenvalue weighted by molar-refractivity contribution is 5.00. The third-order valence-corrected chi connectivity index (χ3v) is 2.95.